The summed E-state index contributed by atoms with van der Waals surface area (Å²) in [5, 5.41) is 15.8. The first-order valence-corrected chi connectivity index (χ1v) is 5.28. The molecule has 0 radical (unpaired) electrons. The summed E-state index contributed by atoms with van der Waals surface area (Å²) in [5.74, 6) is -0.721. The van der Waals surface area contributed by atoms with E-state index in [4.69, 9.17) is 15.9 Å². The van der Waals surface area contributed by atoms with Crippen LogP contribution in [0.5, 0.6) is 0 Å². The van der Waals surface area contributed by atoms with Crippen LogP contribution in [0.15, 0.2) is 0 Å². The van der Waals surface area contributed by atoms with Gasteiger partial charge in [-0.25, -0.2) is 0 Å². The maximum Gasteiger partial charge on any atom is 0.313 e. The highest BCUT2D eigenvalue weighted by atomic mass is 16.9. The molecule has 17 heavy (non-hydrogen) atoms. The van der Waals surface area contributed by atoms with E-state index in [1.165, 1.54) is 0 Å². The van der Waals surface area contributed by atoms with Crippen molar-refractivity contribution >= 4 is 11.8 Å². The van der Waals surface area contributed by atoms with Gasteiger partial charge < -0.3 is 15.3 Å². The maximum absolute atomic E-state index is 10.9. The third-order valence-corrected chi connectivity index (χ3v) is 1.83. The van der Waals surface area contributed by atoms with Gasteiger partial charge in [0.25, 0.3) is 5.09 Å². The Labute approximate surface area is 98.7 Å². The summed E-state index contributed by atoms with van der Waals surface area (Å²) in [6.45, 7) is 0.374. The monoisotopic (exact) mass is 247 g/mol. The van der Waals surface area contributed by atoms with E-state index in [9.17, 15) is 14.9 Å². The molecular weight excluding hydrogens is 230 g/mol. The minimum atomic E-state index is -0.816. The normalized spacial score (nSPS) is 9.65. The van der Waals surface area contributed by atoms with E-state index in [0.29, 0.717) is 12.8 Å². The molecule has 0 bridgehead atoms. The van der Waals surface area contributed by atoms with Crippen molar-refractivity contribution in [2.45, 2.75) is 32.1 Å². The van der Waals surface area contributed by atoms with Crippen LogP contribution in [0, 0.1) is 15.5 Å². The average molecular weight is 247 g/mol. The van der Waals surface area contributed by atoms with Crippen molar-refractivity contribution in [2.75, 3.05) is 13.2 Å². The second-order valence-corrected chi connectivity index (χ2v) is 3.39. The Morgan fingerprint density at radius 2 is 1.82 bits per heavy atom. The average Bonchev–Trinajstić information content (AvgIpc) is 2.20. The van der Waals surface area contributed by atoms with Gasteiger partial charge >= 0.3 is 5.97 Å². The van der Waals surface area contributed by atoms with Crippen LogP contribution in [-0.4, -0.2) is 30.1 Å². The van der Waals surface area contributed by atoms with Gasteiger partial charge in [-0.2, -0.15) is 0 Å². The van der Waals surface area contributed by atoms with Gasteiger partial charge in [0.2, 0.25) is 0 Å². The molecule has 8 nitrogen and oxygen atoms in total. The van der Waals surface area contributed by atoms with E-state index in [-0.39, 0.29) is 25.5 Å². The molecule has 0 heterocycles. The van der Waals surface area contributed by atoms with Gasteiger partial charge in [-0.1, -0.05) is 6.42 Å². The highest BCUT2D eigenvalue weighted by Crippen LogP contribution is 2.01. The van der Waals surface area contributed by atoms with Crippen molar-refractivity contribution in [3.63, 3.8) is 0 Å². The molecule has 0 saturated carbocycles. The zero-order valence-corrected chi connectivity index (χ0v) is 9.52. The fourth-order valence-electron chi connectivity index (χ4n) is 1.09. The first-order chi connectivity index (χ1) is 8.02. The number of rotatable bonds is 10. The predicted molar refractivity (Wildman–Crippen MR) is 58.9 cm³/mol. The van der Waals surface area contributed by atoms with E-state index in [2.05, 4.69) is 4.84 Å². The van der Waals surface area contributed by atoms with Crippen LogP contribution in [0.25, 0.3) is 0 Å². The van der Waals surface area contributed by atoms with Crippen LogP contribution in [0.1, 0.15) is 32.1 Å². The minimum absolute atomic E-state index is 0.0944. The van der Waals surface area contributed by atoms with Crippen molar-refractivity contribution in [3.05, 3.63) is 10.1 Å². The molecule has 0 aliphatic heterocycles. The van der Waals surface area contributed by atoms with Crippen molar-refractivity contribution in [2.24, 2.45) is 5.73 Å². The molecule has 0 rings (SSSR count). The maximum atomic E-state index is 10.9. The lowest BCUT2D eigenvalue weighted by molar-refractivity contribution is -0.757. The zero-order chi connectivity index (χ0) is 13.1. The van der Waals surface area contributed by atoms with Crippen LogP contribution in [0.2, 0.25) is 0 Å². The smallest absolute Gasteiger partial charge is 0.313 e. The van der Waals surface area contributed by atoms with Crippen molar-refractivity contribution < 1.29 is 19.5 Å². The summed E-state index contributed by atoms with van der Waals surface area (Å²) >= 11 is 0. The number of nitrogens with zero attached hydrogens (tertiary/aromatic N) is 1. The Morgan fingerprint density at radius 1 is 1.24 bits per heavy atom. The molecular formula is C9H17N3O5. The van der Waals surface area contributed by atoms with Crippen LogP contribution in [0.3, 0.4) is 0 Å². The number of ether oxygens (including phenoxy) is 1. The molecule has 0 amide bonds. The number of carbonyl (C=O) groups excluding carboxylic acids is 1. The second kappa shape index (κ2) is 9.37. The fraction of sp³-hybridized carbons (Fsp3) is 0.778. The van der Waals surface area contributed by atoms with Gasteiger partial charge in [-0.15, -0.1) is 10.1 Å². The van der Waals surface area contributed by atoms with E-state index >= 15 is 0 Å². The molecule has 0 spiro atoms. The lowest BCUT2D eigenvalue weighted by Gasteiger charge is -2.04. The largest absolute Gasteiger partial charge is 0.465 e. The number of nitrogens with one attached hydrogen (secondary N) is 1. The summed E-state index contributed by atoms with van der Waals surface area (Å²) in [5.41, 5.74) is 5.02. The molecule has 0 aromatic rings. The summed E-state index contributed by atoms with van der Waals surface area (Å²) in [7, 11) is 0. The first-order valence-electron chi connectivity index (χ1n) is 5.28. The summed E-state index contributed by atoms with van der Waals surface area (Å²) < 4.78 is 4.80. The molecule has 0 aromatic carbocycles. The third-order valence-electron chi connectivity index (χ3n) is 1.83. The van der Waals surface area contributed by atoms with Crippen molar-refractivity contribution in [3.8, 4) is 0 Å². The molecule has 98 valence electrons. The van der Waals surface area contributed by atoms with Gasteiger partial charge in [-0.3, -0.25) is 10.2 Å². The first kappa shape index (κ1) is 15.1. The minimum Gasteiger partial charge on any atom is -0.465 e. The molecule has 0 aliphatic carbocycles. The van der Waals surface area contributed by atoms with Crippen LogP contribution < -0.4 is 5.73 Å². The van der Waals surface area contributed by atoms with E-state index < -0.39 is 11.1 Å². The lowest BCUT2D eigenvalue weighted by atomic mass is 10.2. The standard InChI is InChI=1S/C9H17N3O5/c10-8(11)7-9(13)16-5-3-1-2-4-6-17-12(14)15/h1-7H2,(H3,10,11). The van der Waals surface area contributed by atoms with Crippen LogP contribution in [-0.2, 0) is 14.4 Å². The molecule has 0 atom stereocenters. The van der Waals surface area contributed by atoms with Crippen LogP contribution >= 0.6 is 0 Å². The topological polar surface area (TPSA) is 129 Å². The van der Waals surface area contributed by atoms with E-state index in [1.54, 1.807) is 0 Å². The predicted octanol–water partition coefficient (Wildman–Crippen LogP) is 0.624. The number of unbranched alkanes of at least 4 members (excludes halogenated alkanes) is 3. The van der Waals surface area contributed by atoms with Gasteiger partial charge in [0.05, 0.1) is 13.2 Å². The molecule has 3 N–H and O–H groups in total. The second-order valence-electron chi connectivity index (χ2n) is 3.39. The number of hydrogen-bond acceptors (Lipinski definition) is 6. The fourth-order valence-corrected chi connectivity index (χ4v) is 1.09. The zero-order valence-electron chi connectivity index (χ0n) is 9.52. The van der Waals surface area contributed by atoms with E-state index in [0.717, 1.165) is 12.8 Å². The number of hydrogen-bond donors (Lipinski definition) is 2. The molecule has 0 unspecified atom stereocenters. The number of carbonyl (C=O) groups is 1. The summed E-state index contributed by atoms with van der Waals surface area (Å²) in [6.07, 6.45) is 2.67. The van der Waals surface area contributed by atoms with Crippen LogP contribution in [0.4, 0.5) is 0 Å². The van der Waals surface area contributed by atoms with Gasteiger partial charge in [0.1, 0.15) is 12.3 Å². The quantitative estimate of drug-likeness (QED) is 0.145. The van der Waals surface area contributed by atoms with Crippen molar-refractivity contribution in [1.29, 1.82) is 5.41 Å². The van der Waals surface area contributed by atoms with E-state index in [1.807, 2.05) is 0 Å². The number of amidine groups is 1. The van der Waals surface area contributed by atoms with Gasteiger partial charge in [-0.05, 0) is 19.3 Å². The molecule has 0 fully saturated rings. The Bertz CT molecular complexity index is 269. The number of esters is 1. The number of nitrogens with two attached hydrogens (primary N) is 1. The molecule has 0 aromatic heterocycles. The Balaban J connectivity index is 3.21. The molecule has 0 saturated heterocycles. The Morgan fingerprint density at radius 3 is 2.35 bits per heavy atom. The molecule has 0 aliphatic rings. The van der Waals surface area contributed by atoms with Gasteiger partial charge in [0, 0.05) is 0 Å². The summed E-state index contributed by atoms with van der Waals surface area (Å²) in [6, 6.07) is 0. The SMILES string of the molecule is N=C(N)CC(=O)OCCCCCCO[N+](=O)[O-]. The Hall–Kier alpha value is -1.86. The highest BCUT2D eigenvalue weighted by Gasteiger charge is 2.03. The summed E-state index contributed by atoms with van der Waals surface area (Å²) in [4.78, 5) is 24.9. The van der Waals surface area contributed by atoms with Crippen molar-refractivity contribution in [1.82, 2.24) is 0 Å². The lowest BCUT2D eigenvalue weighted by Crippen LogP contribution is -2.17. The Kier molecular flexibility index (Phi) is 8.35. The third kappa shape index (κ3) is 12.1. The molecule has 8 heteroatoms. The highest BCUT2D eigenvalue weighted by molar-refractivity contribution is 5.94. The van der Waals surface area contributed by atoms with Gasteiger partial charge in [0.15, 0.2) is 0 Å².